The zero-order chi connectivity index (χ0) is 23.2. The minimum Gasteiger partial charge on any atom is -0.481 e. The van der Waals surface area contributed by atoms with Gasteiger partial charge < -0.3 is 21.1 Å². The number of hydrogen-bond donors (Lipinski definition) is 4. The maximum Gasteiger partial charge on any atom is 0.320 e. The highest BCUT2D eigenvalue weighted by Gasteiger charge is 2.12. The largest absolute Gasteiger partial charge is 0.481 e. The van der Waals surface area contributed by atoms with Gasteiger partial charge in [-0.05, 0) is 18.8 Å². The molecule has 0 aromatic carbocycles. The number of aliphatic carboxylic acids is 3. The van der Waals surface area contributed by atoms with Crippen molar-refractivity contribution in [1.82, 2.24) is 0 Å². The van der Waals surface area contributed by atoms with E-state index in [1.807, 2.05) is 0 Å². The van der Waals surface area contributed by atoms with Crippen LogP contribution in [0.25, 0.3) is 0 Å². The number of carboxylic acids is 3. The Morgan fingerprint density at radius 3 is 1.30 bits per heavy atom. The Bertz CT molecular complexity index is 439. The smallest absolute Gasteiger partial charge is 0.320 e. The van der Waals surface area contributed by atoms with Crippen molar-refractivity contribution in [3.05, 3.63) is 0 Å². The molecule has 0 saturated carbocycles. The summed E-state index contributed by atoms with van der Waals surface area (Å²) in [6, 6.07) is -1.06. The molecule has 0 saturated heterocycles. The van der Waals surface area contributed by atoms with E-state index >= 15 is 0 Å². The van der Waals surface area contributed by atoms with Gasteiger partial charge in [-0.1, -0.05) is 90.9 Å². The lowest BCUT2D eigenvalue weighted by molar-refractivity contribution is -0.140. The van der Waals surface area contributed by atoms with Crippen LogP contribution in [0.4, 0.5) is 0 Å². The summed E-state index contributed by atoms with van der Waals surface area (Å²) in [6.45, 7) is 4.61. The molecule has 0 fully saturated rings. The number of nitrogens with two attached hydrogens (primary N) is 1. The molecular weight excluding hydrogens is 386 g/mol. The normalized spacial score (nSPS) is 11.6. The SMILES string of the molecule is CC(C)CCCCCCCCCCCCCCC(=O)O.N[C@@H](CCC(=O)O)C(=O)O. The van der Waals surface area contributed by atoms with Gasteiger partial charge in [-0.15, -0.1) is 0 Å². The van der Waals surface area contributed by atoms with E-state index in [0.29, 0.717) is 6.42 Å². The zero-order valence-electron chi connectivity index (χ0n) is 19.1. The molecule has 0 aromatic heterocycles. The Morgan fingerprint density at radius 2 is 0.967 bits per heavy atom. The van der Waals surface area contributed by atoms with Crippen LogP contribution in [-0.4, -0.2) is 39.3 Å². The molecule has 0 rings (SSSR count). The molecule has 0 unspecified atom stereocenters. The van der Waals surface area contributed by atoms with Gasteiger partial charge in [-0.3, -0.25) is 14.4 Å². The summed E-state index contributed by atoms with van der Waals surface area (Å²) in [4.78, 5) is 30.2. The van der Waals surface area contributed by atoms with Gasteiger partial charge in [-0.2, -0.15) is 0 Å². The van der Waals surface area contributed by atoms with E-state index in [0.717, 1.165) is 18.8 Å². The van der Waals surface area contributed by atoms with Crippen LogP contribution >= 0.6 is 0 Å². The lowest BCUT2D eigenvalue weighted by Gasteiger charge is -2.04. The van der Waals surface area contributed by atoms with Crippen LogP contribution in [0.3, 0.4) is 0 Å². The second-order valence-electron chi connectivity index (χ2n) is 8.45. The Hall–Kier alpha value is -1.63. The minimum absolute atomic E-state index is 0.0231. The quantitative estimate of drug-likeness (QED) is 0.199. The fourth-order valence-electron chi connectivity index (χ4n) is 3.00. The lowest BCUT2D eigenvalue weighted by atomic mass is 10.0. The van der Waals surface area contributed by atoms with Gasteiger partial charge in [0, 0.05) is 12.8 Å². The molecular formula is C23H45NO6. The maximum absolute atomic E-state index is 10.3. The molecule has 7 nitrogen and oxygen atoms in total. The summed E-state index contributed by atoms with van der Waals surface area (Å²) < 4.78 is 0. The molecule has 1 atom stereocenters. The number of hydrogen-bond acceptors (Lipinski definition) is 4. The number of rotatable bonds is 19. The van der Waals surface area contributed by atoms with Gasteiger partial charge in [0.2, 0.25) is 0 Å². The molecule has 0 spiro atoms. The van der Waals surface area contributed by atoms with E-state index in [1.165, 1.54) is 70.6 Å². The molecule has 0 radical (unpaired) electrons. The van der Waals surface area contributed by atoms with Crippen LogP contribution in [-0.2, 0) is 14.4 Å². The molecule has 0 aliphatic carbocycles. The van der Waals surface area contributed by atoms with Crippen LogP contribution < -0.4 is 5.73 Å². The van der Waals surface area contributed by atoms with Crippen LogP contribution in [0.1, 0.15) is 117 Å². The van der Waals surface area contributed by atoms with Gasteiger partial charge in [0.05, 0.1) is 0 Å². The standard InChI is InChI=1S/C18H36O2.C5H9NO4/c1-17(2)15-13-11-9-7-5-3-4-6-8-10-12-14-16-18(19)20;6-3(5(9)10)1-2-4(7)8/h17H,3-16H2,1-2H3,(H,19,20);3H,1-2,6H2,(H,7,8)(H,9,10)/t;3-/m.0/s1. The van der Waals surface area contributed by atoms with Crippen molar-refractivity contribution in [3.8, 4) is 0 Å². The zero-order valence-corrected chi connectivity index (χ0v) is 19.1. The molecule has 178 valence electrons. The molecule has 0 aliphatic heterocycles. The highest BCUT2D eigenvalue weighted by molar-refractivity contribution is 5.74. The first kappa shape index (κ1) is 30.6. The van der Waals surface area contributed by atoms with E-state index in [-0.39, 0.29) is 12.8 Å². The van der Waals surface area contributed by atoms with Crippen LogP contribution in [0.15, 0.2) is 0 Å². The Kier molecular flexibility index (Phi) is 22.5. The highest BCUT2D eigenvalue weighted by Crippen LogP contribution is 2.14. The molecule has 0 aliphatic rings. The number of unbranched alkanes of at least 4 members (excludes halogenated alkanes) is 11. The van der Waals surface area contributed by atoms with Crippen LogP contribution in [0, 0.1) is 5.92 Å². The van der Waals surface area contributed by atoms with E-state index in [4.69, 9.17) is 21.1 Å². The first-order chi connectivity index (χ1) is 14.2. The van der Waals surface area contributed by atoms with Gasteiger partial charge in [0.1, 0.15) is 6.04 Å². The summed E-state index contributed by atoms with van der Waals surface area (Å²) in [6.07, 6.45) is 17.1. The molecule has 0 aromatic rings. The van der Waals surface area contributed by atoms with Gasteiger partial charge in [0.25, 0.3) is 0 Å². The summed E-state index contributed by atoms with van der Waals surface area (Å²) >= 11 is 0. The molecule has 0 amide bonds. The average Bonchev–Trinajstić information content (AvgIpc) is 2.66. The van der Waals surface area contributed by atoms with Crippen molar-refractivity contribution in [2.45, 2.75) is 123 Å². The van der Waals surface area contributed by atoms with Crippen LogP contribution in [0.5, 0.6) is 0 Å². The Morgan fingerprint density at radius 1 is 0.600 bits per heavy atom. The summed E-state index contributed by atoms with van der Waals surface area (Å²) in [7, 11) is 0. The second kappa shape index (κ2) is 22.1. The number of carboxylic acid groups (broad SMARTS) is 3. The first-order valence-electron chi connectivity index (χ1n) is 11.6. The van der Waals surface area contributed by atoms with Gasteiger partial charge in [0.15, 0.2) is 0 Å². The molecule has 7 heteroatoms. The molecule has 0 heterocycles. The third-order valence-electron chi connectivity index (χ3n) is 4.91. The van der Waals surface area contributed by atoms with Crippen molar-refractivity contribution in [2.75, 3.05) is 0 Å². The average molecular weight is 432 g/mol. The lowest BCUT2D eigenvalue weighted by Crippen LogP contribution is -2.30. The fraction of sp³-hybridized carbons (Fsp3) is 0.870. The Balaban J connectivity index is 0. The van der Waals surface area contributed by atoms with Crippen molar-refractivity contribution in [2.24, 2.45) is 11.7 Å². The predicted octanol–water partition coefficient (Wildman–Crippen LogP) is 5.45. The van der Waals surface area contributed by atoms with Gasteiger partial charge in [-0.25, -0.2) is 0 Å². The predicted molar refractivity (Wildman–Crippen MR) is 120 cm³/mol. The summed E-state index contributed by atoms with van der Waals surface area (Å²) in [5.74, 6) is -1.98. The van der Waals surface area contributed by atoms with Crippen molar-refractivity contribution in [3.63, 3.8) is 0 Å². The molecule has 30 heavy (non-hydrogen) atoms. The topological polar surface area (TPSA) is 138 Å². The molecule has 5 N–H and O–H groups in total. The second-order valence-corrected chi connectivity index (χ2v) is 8.45. The fourth-order valence-corrected chi connectivity index (χ4v) is 3.00. The van der Waals surface area contributed by atoms with Gasteiger partial charge >= 0.3 is 17.9 Å². The number of carbonyl (C=O) groups is 3. The van der Waals surface area contributed by atoms with Crippen molar-refractivity contribution >= 4 is 17.9 Å². The van der Waals surface area contributed by atoms with Crippen molar-refractivity contribution in [1.29, 1.82) is 0 Å². The van der Waals surface area contributed by atoms with E-state index in [1.54, 1.807) is 0 Å². The van der Waals surface area contributed by atoms with Crippen molar-refractivity contribution < 1.29 is 29.7 Å². The maximum atomic E-state index is 10.3. The van der Waals surface area contributed by atoms with E-state index in [9.17, 15) is 14.4 Å². The summed E-state index contributed by atoms with van der Waals surface area (Å²) in [5, 5.41) is 24.8. The third-order valence-corrected chi connectivity index (χ3v) is 4.91. The third kappa shape index (κ3) is 28.6. The monoisotopic (exact) mass is 431 g/mol. The molecule has 0 bridgehead atoms. The highest BCUT2D eigenvalue weighted by atomic mass is 16.4. The van der Waals surface area contributed by atoms with E-state index < -0.39 is 23.9 Å². The Labute approximate surface area is 182 Å². The first-order valence-corrected chi connectivity index (χ1v) is 11.6. The van der Waals surface area contributed by atoms with Crippen LogP contribution in [0.2, 0.25) is 0 Å². The summed E-state index contributed by atoms with van der Waals surface area (Å²) in [5.41, 5.74) is 5.00. The van der Waals surface area contributed by atoms with E-state index in [2.05, 4.69) is 13.8 Å². The minimum atomic E-state index is -1.17.